The highest BCUT2D eigenvalue weighted by Crippen LogP contribution is 2.19. The van der Waals surface area contributed by atoms with Gasteiger partial charge in [-0.2, -0.15) is 0 Å². The molecule has 0 fully saturated rings. The van der Waals surface area contributed by atoms with E-state index in [0.717, 1.165) is 109 Å². The Bertz CT molecular complexity index is 871. The average Bonchev–Trinajstić information content (AvgIpc) is 3.20. The minimum atomic E-state index is -0.0410. The van der Waals surface area contributed by atoms with Crippen molar-refractivity contribution in [3.8, 4) is 0 Å². The standard InChI is InChI=1S/C49H97N3O5/c1-5-8-11-14-17-26-33-43-56-48(54)38-29-22-18-24-31-41-52(45(4)44-51-47(53)37-34-40-50)42-32-25-19-23-30-39-49(55)57-46(35-27-20-15-12-9-6-2)36-28-21-16-13-10-7-3/h45-46H,5-44,50H2,1-4H3,(H,51,53). The van der Waals surface area contributed by atoms with Crippen molar-refractivity contribution in [2.75, 3.05) is 32.8 Å². The maximum Gasteiger partial charge on any atom is 0.306 e. The van der Waals surface area contributed by atoms with Crippen molar-refractivity contribution >= 4 is 17.8 Å². The molecule has 0 spiro atoms. The van der Waals surface area contributed by atoms with Gasteiger partial charge in [-0.15, -0.1) is 0 Å². The Hall–Kier alpha value is -1.67. The summed E-state index contributed by atoms with van der Waals surface area (Å²) < 4.78 is 11.5. The molecule has 1 amide bonds. The lowest BCUT2D eigenvalue weighted by Gasteiger charge is -2.29. The first-order valence-corrected chi connectivity index (χ1v) is 24.9. The number of nitrogens with zero attached hydrogens (tertiary/aromatic N) is 1. The molecule has 8 heteroatoms. The Kier molecular flexibility index (Phi) is 42.6. The fourth-order valence-corrected chi connectivity index (χ4v) is 7.65. The predicted molar refractivity (Wildman–Crippen MR) is 243 cm³/mol. The van der Waals surface area contributed by atoms with Gasteiger partial charge in [0.15, 0.2) is 0 Å². The molecule has 0 aliphatic rings. The van der Waals surface area contributed by atoms with Gasteiger partial charge in [-0.25, -0.2) is 0 Å². The first-order chi connectivity index (χ1) is 27.9. The minimum Gasteiger partial charge on any atom is -0.466 e. The lowest BCUT2D eigenvalue weighted by atomic mass is 10.0. The molecule has 0 aliphatic heterocycles. The summed E-state index contributed by atoms with van der Waals surface area (Å²) in [5.41, 5.74) is 5.60. The Morgan fingerprint density at radius 3 is 1.42 bits per heavy atom. The summed E-state index contributed by atoms with van der Waals surface area (Å²) in [6.07, 6.45) is 39.1. The highest BCUT2D eigenvalue weighted by molar-refractivity contribution is 5.75. The molecule has 338 valence electrons. The second kappa shape index (κ2) is 43.9. The molecular formula is C49H97N3O5. The zero-order valence-electron chi connectivity index (χ0n) is 38.5. The first-order valence-electron chi connectivity index (χ1n) is 24.9. The molecule has 1 atom stereocenters. The van der Waals surface area contributed by atoms with Gasteiger partial charge >= 0.3 is 11.9 Å². The van der Waals surface area contributed by atoms with E-state index in [1.807, 2.05) is 0 Å². The second-order valence-electron chi connectivity index (χ2n) is 17.2. The van der Waals surface area contributed by atoms with Crippen LogP contribution >= 0.6 is 0 Å². The lowest BCUT2D eigenvalue weighted by Crippen LogP contribution is -2.43. The van der Waals surface area contributed by atoms with Crippen LogP contribution in [-0.4, -0.2) is 67.7 Å². The molecule has 1 unspecified atom stereocenters. The summed E-state index contributed by atoms with van der Waals surface area (Å²) in [4.78, 5) is 39.8. The number of esters is 2. The van der Waals surface area contributed by atoms with Crippen LogP contribution in [-0.2, 0) is 23.9 Å². The van der Waals surface area contributed by atoms with Crippen LogP contribution < -0.4 is 11.1 Å². The number of rotatable bonds is 45. The van der Waals surface area contributed by atoms with Gasteiger partial charge in [0.05, 0.1) is 6.61 Å². The van der Waals surface area contributed by atoms with Gasteiger partial charge in [0.1, 0.15) is 6.10 Å². The molecular weight excluding hydrogens is 711 g/mol. The van der Waals surface area contributed by atoms with E-state index < -0.39 is 0 Å². The largest absolute Gasteiger partial charge is 0.466 e. The monoisotopic (exact) mass is 808 g/mol. The van der Waals surface area contributed by atoms with Crippen LogP contribution in [0.25, 0.3) is 0 Å². The Morgan fingerprint density at radius 2 is 0.930 bits per heavy atom. The number of nitrogens with two attached hydrogens (primary N) is 1. The van der Waals surface area contributed by atoms with Crippen LogP contribution in [0, 0.1) is 0 Å². The Balaban J connectivity index is 4.47. The van der Waals surface area contributed by atoms with Gasteiger partial charge in [-0.1, -0.05) is 162 Å². The summed E-state index contributed by atoms with van der Waals surface area (Å²) in [7, 11) is 0. The molecule has 0 aromatic heterocycles. The zero-order chi connectivity index (χ0) is 41.9. The summed E-state index contributed by atoms with van der Waals surface area (Å²) in [6.45, 7) is 12.8. The van der Waals surface area contributed by atoms with E-state index in [1.165, 1.54) is 109 Å². The molecule has 3 N–H and O–H groups in total. The van der Waals surface area contributed by atoms with Crippen LogP contribution in [0.1, 0.15) is 252 Å². The molecule has 0 heterocycles. The van der Waals surface area contributed by atoms with E-state index in [-0.39, 0.29) is 30.0 Å². The van der Waals surface area contributed by atoms with Crippen molar-refractivity contribution in [1.29, 1.82) is 0 Å². The van der Waals surface area contributed by atoms with Gasteiger partial charge in [-0.3, -0.25) is 19.3 Å². The molecule has 0 saturated heterocycles. The topological polar surface area (TPSA) is 111 Å². The summed E-state index contributed by atoms with van der Waals surface area (Å²) in [6, 6.07) is 0.272. The van der Waals surface area contributed by atoms with Crippen molar-refractivity contribution in [2.24, 2.45) is 5.73 Å². The Labute approximate surface area is 354 Å². The SMILES string of the molecule is CCCCCCCCCOC(=O)CCCCCCCN(CCCCCCCC(=O)OC(CCCCCCCC)CCCCCCCC)C(C)CNC(=O)CCCN. The number of hydrogen-bond donors (Lipinski definition) is 2. The van der Waals surface area contributed by atoms with Crippen molar-refractivity contribution in [1.82, 2.24) is 10.2 Å². The maximum absolute atomic E-state index is 12.8. The number of carbonyl (C=O) groups excluding carboxylic acids is 3. The molecule has 0 radical (unpaired) electrons. The third-order valence-corrected chi connectivity index (χ3v) is 11.5. The van der Waals surface area contributed by atoms with E-state index in [2.05, 4.69) is 37.9 Å². The van der Waals surface area contributed by atoms with Crippen molar-refractivity contribution in [2.45, 2.75) is 265 Å². The first kappa shape index (κ1) is 55.3. The van der Waals surface area contributed by atoms with E-state index in [4.69, 9.17) is 15.2 Å². The van der Waals surface area contributed by atoms with Gasteiger partial charge in [-0.05, 0) is 90.8 Å². The lowest BCUT2D eigenvalue weighted by molar-refractivity contribution is -0.150. The smallest absolute Gasteiger partial charge is 0.306 e. The van der Waals surface area contributed by atoms with Gasteiger partial charge < -0.3 is 20.5 Å². The number of amides is 1. The van der Waals surface area contributed by atoms with E-state index >= 15 is 0 Å². The van der Waals surface area contributed by atoms with E-state index in [1.54, 1.807) is 0 Å². The molecule has 0 aromatic rings. The van der Waals surface area contributed by atoms with Crippen LogP contribution in [0.5, 0.6) is 0 Å². The number of unbranched alkanes of at least 4 members (excludes halogenated alkanes) is 24. The Morgan fingerprint density at radius 1 is 0.509 bits per heavy atom. The number of nitrogens with one attached hydrogen (secondary N) is 1. The molecule has 0 saturated carbocycles. The minimum absolute atomic E-state index is 0.00390. The van der Waals surface area contributed by atoms with Crippen molar-refractivity contribution in [3.63, 3.8) is 0 Å². The van der Waals surface area contributed by atoms with Crippen LogP contribution in [0.15, 0.2) is 0 Å². The highest BCUT2D eigenvalue weighted by atomic mass is 16.5. The quantitative estimate of drug-likeness (QED) is 0.0465. The van der Waals surface area contributed by atoms with Crippen LogP contribution in [0.4, 0.5) is 0 Å². The molecule has 8 nitrogen and oxygen atoms in total. The highest BCUT2D eigenvalue weighted by Gasteiger charge is 2.16. The van der Waals surface area contributed by atoms with E-state index in [0.29, 0.717) is 39.0 Å². The third kappa shape index (κ3) is 39.6. The fourth-order valence-electron chi connectivity index (χ4n) is 7.65. The number of ether oxygens (including phenoxy) is 2. The predicted octanol–water partition coefficient (Wildman–Crippen LogP) is 12.9. The van der Waals surface area contributed by atoms with Gasteiger partial charge in [0.25, 0.3) is 0 Å². The summed E-state index contributed by atoms with van der Waals surface area (Å²) in [5, 5.41) is 3.12. The van der Waals surface area contributed by atoms with Crippen LogP contribution in [0.3, 0.4) is 0 Å². The molecule has 0 aromatic carbocycles. The maximum atomic E-state index is 12.8. The molecule has 0 rings (SSSR count). The molecule has 0 bridgehead atoms. The fraction of sp³-hybridized carbons (Fsp3) is 0.939. The average molecular weight is 808 g/mol. The number of hydrogen-bond acceptors (Lipinski definition) is 7. The summed E-state index contributed by atoms with van der Waals surface area (Å²) >= 11 is 0. The van der Waals surface area contributed by atoms with Crippen LogP contribution in [0.2, 0.25) is 0 Å². The summed E-state index contributed by atoms with van der Waals surface area (Å²) in [5.74, 6) is 0.0488. The normalized spacial score (nSPS) is 12.1. The van der Waals surface area contributed by atoms with E-state index in [9.17, 15) is 14.4 Å². The molecule has 0 aliphatic carbocycles. The van der Waals surface area contributed by atoms with Gasteiger partial charge in [0.2, 0.25) is 5.91 Å². The molecule has 57 heavy (non-hydrogen) atoms. The van der Waals surface area contributed by atoms with Crippen molar-refractivity contribution in [3.05, 3.63) is 0 Å². The van der Waals surface area contributed by atoms with Crippen molar-refractivity contribution < 1.29 is 23.9 Å². The zero-order valence-corrected chi connectivity index (χ0v) is 38.5. The second-order valence-corrected chi connectivity index (χ2v) is 17.2. The van der Waals surface area contributed by atoms with Gasteiger partial charge in [0, 0.05) is 31.8 Å². The number of carbonyl (C=O) groups is 3. The third-order valence-electron chi connectivity index (χ3n) is 11.5.